The molecule has 0 radical (unpaired) electrons. The van der Waals surface area contributed by atoms with Crippen molar-refractivity contribution < 1.29 is 33.7 Å². The van der Waals surface area contributed by atoms with Crippen LogP contribution in [-0.4, -0.2) is 66.6 Å². The molecule has 9 nitrogen and oxygen atoms in total. The summed E-state index contributed by atoms with van der Waals surface area (Å²) in [5, 5.41) is 10.2. The number of fused-ring (bicyclic) bond motifs is 1. The van der Waals surface area contributed by atoms with Gasteiger partial charge in [-0.05, 0) is 37.1 Å². The Labute approximate surface area is 195 Å². The lowest BCUT2D eigenvalue weighted by Crippen LogP contribution is -2.32. The van der Waals surface area contributed by atoms with E-state index in [0.717, 1.165) is 32.1 Å². The van der Waals surface area contributed by atoms with Crippen molar-refractivity contribution in [1.29, 1.82) is 0 Å². The average Bonchev–Trinajstić information content (AvgIpc) is 3.40. The van der Waals surface area contributed by atoms with E-state index in [2.05, 4.69) is 4.98 Å². The number of hydrogen-bond donors (Lipinski definition) is 1. The first-order chi connectivity index (χ1) is 16.4. The highest BCUT2D eigenvalue weighted by Gasteiger charge is 2.22. The van der Waals surface area contributed by atoms with Crippen LogP contribution >= 0.6 is 0 Å². The van der Waals surface area contributed by atoms with Gasteiger partial charge in [-0.2, -0.15) is 0 Å². The average molecular weight is 464 g/mol. The van der Waals surface area contributed by atoms with Crippen molar-refractivity contribution in [3.8, 4) is 17.2 Å². The van der Waals surface area contributed by atoms with Crippen molar-refractivity contribution in [2.75, 3.05) is 33.9 Å². The largest absolute Gasteiger partial charge is 0.493 e. The van der Waals surface area contributed by atoms with Crippen LogP contribution in [0.25, 0.3) is 10.8 Å². The molecule has 1 amide bonds. The maximum atomic E-state index is 13.4. The Balaban J connectivity index is 1.67. The number of aromatic carboxylic acids is 1. The van der Waals surface area contributed by atoms with Gasteiger partial charge in [-0.3, -0.25) is 14.6 Å². The zero-order valence-corrected chi connectivity index (χ0v) is 18.9. The molecule has 1 aliphatic rings. The minimum absolute atomic E-state index is 0.0613. The number of carbonyl (C=O) groups excluding carboxylic acids is 2. The van der Waals surface area contributed by atoms with Crippen LogP contribution in [0.4, 0.5) is 0 Å². The van der Waals surface area contributed by atoms with E-state index in [9.17, 15) is 19.5 Å². The van der Waals surface area contributed by atoms with Gasteiger partial charge in [0.2, 0.25) is 5.78 Å². The fourth-order valence-corrected chi connectivity index (χ4v) is 3.98. The third kappa shape index (κ3) is 4.50. The van der Waals surface area contributed by atoms with Crippen molar-refractivity contribution >= 4 is 28.4 Å². The van der Waals surface area contributed by atoms with Crippen LogP contribution in [-0.2, 0) is 4.79 Å². The van der Waals surface area contributed by atoms with Crippen molar-refractivity contribution in [2.45, 2.75) is 12.8 Å². The van der Waals surface area contributed by atoms with Crippen LogP contribution in [0.2, 0.25) is 0 Å². The van der Waals surface area contributed by atoms with Crippen molar-refractivity contribution in [3.63, 3.8) is 0 Å². The van der Waals surface area contributed by atoms with Gasteiger partial charge in [-0.25, -0.2) is 4.79 Å². The molecule has 176 valence electrons. The zero-order valence-electron chi connectivity index (χ0n) is 18.9. The second-order valence-electron chi connectivity index (χ2n) is 7.81. The molecule has 1 N–H and O–H groups in total. The predicted octanol–water partition coefficient (Wildman–Crippen LogP) is 3.18. The fraction of sp³-hybridized carbons (Fsp3) is 0.280. The third-order valence-electron chi connectivity index (χ3n) is 5.75. The van der Waals surface area contributed by atoms with Gasteiger partial charge < -0.3 is 24.2 Å². The molecule has 0 unspecified atom stereocenters. The first kappa shape index (κ1) is 23.0. The van der Waals surface area contributed by atoms with Gasteiger partial charge in [0.15, 0.2) is 18.1 Å². The van der Waals surface area contributed by atoms with Crippen LogP contribution in [0.5, 0.6) is 17.2 Å². The maximum absolute atomic E-state index is 13.4. The van der Waals surface area contributed by atoms with Crippen LogP contribution in [0, 0.1) is 0 Å². The summed E-state index contributed by atoms with van der Waals surface area (Å²) in [5.41, 5.74) is 0.286. The minimum atomic E-state index is -1.18. The highest BCUT2D eigenvalue weighted by atomic mass is 16.5. The maximum Gasteiger partial charge on any atom is 0.337 e. The van der Waals surface area contributed by atoms with Crippen LogP contribution in [0.1, 0.15) is 39.3 Å². The van der Waals surface area contributed by atoms with E-state index in [-0.39, 0.29) is 29.3 Å². The van der Waals surface area contributed by atoms with Crippen LogP contribution in [0.15, 0.2) is 42.6 Å². The molecule has 2 aromatic carbocycles. The Morgan fingerprint density at radius 3 is 2.32 bits per heavy atom. The van der Waals surface area contributed by atoms with Crippen molar-refractivity contribution in [3.05, 3.63) is 59.4 Å². The predicted molar refractivity (Wildman–Crippen MR) is 123 cm³/mol. The molecule has 0 aliphatic carbocycles. The third-order valence-corrected chi connectivity index (χ3v) is 5.75. The zero-order chi connectivity index (χ0) is 24.2. The first-order valence-corrected chi connectivity index (χ1v) is 10.8. The highest BCUT2D eigenvalue weighted by Crippen LogP contribution is 2.35. The number of ether oxygens (including phenoxy) is 3. The summed E-state index contributed by atoms with van der Waals surface area (Å²) in [6, 6.07) is 9.52. The SMILES string of the molecule is COc1cc2c(C(=O)O)cnc(C(=O)c3cccc(OCC(=O)N4CCCC4)c3)c2cc1OC. The summed E-state index contributed by atoms with van der Waals surface area (Å²) in [7, 11) is 2.89. The smallest absolute Gasteiger partial charge is 0.337 e. The lowest BCUT2D eigenvalue weighted by molar-refractivity contribution is -0.132. The Bertz CT molecular complexity index is 1270. The van der Waals surface area contributed by atoms with Gasteiger partial charge >= 0.3 is 5.97 Å². The molecule has 0 spiro atoms. The number of likely N-dealkylation sites (tertiary alicyclic amines) is 1. The summed E-state index contributed by atoms with van der Waals surface area (Å²) < 4.78 is 16.3. The Morgan fingerprint density at radius 1 is 1.00 bits per heavy atom. The minimum Gasteiger partial charge on any atom is -0.493 e. The van der Waals surface area contributed by atoms with E-state index >= 15 is 0 Å². The van der Waals surface area contributed by atoms with E-state index in [1.165, 1.54) is 26.4 Å². The number of hydrogen-bond acceptors (Lipinski definition) is 7. The number of benzene rings is 2. The molecule has 1 aromatic heterocycles. The summed E-state index contributed by atoms with van der Waals surface area (Å²) in [4.78, 5) is 43.3. The number of amides is 1. The Morgan fingerprint density at radius 2 is 1.68 bits per heavy atom. The lowest BCUT2D eigenvalue weighted by atomic mass is 9.99. The van der Waals surface area contributed by atoms with Gasteiger partial charge in [0, 0.05) is 35.6 Å². The standard InChI is InChI=1S/C25H24N2O7/c1-32-20-11-17-18(12-21(20)33-2)23(26-13-19(17)25(30)31)24(29)15-6-5-7-16(10-15)34-14-22(28)27-8-3-4-9-27/h5-7,10-13H,3-4,8-9,14H2,1-2H3,(H,30,31). The second-order valence-corrected chi connectivity index (χ2v) is 7.81. The van der Waals surface area contributed by atoms with Crippen molar-refractivity contribution in [2.24, 2.45) is 0 Å². The topological polar surface area (TPSA) is 115 Å². The second kappa shape index (κ2) is 9.78. The molecule has 4 rings (SSSR count). The molecule has 34 heavy (non-hydrogen) atoms. The number of rotatable bonds is 8. The molecule has 2 heterocycles. The lowest BCUT2D eigenvalue weighted by Gasteiger charge is -2.16. The molecule has 0 bridgehead atoms. The number of pyridine rings is 1. The van der Waals surface area contributed by atoms with E-state index in [1.54, 1.807) is 29.2 Å². The van der Waals surface area contributed by atoms with Gasteiger partial charge in [0.05, 0.1) is 19.8 Å². The normalized spacial score (nSPS) is 13.1. The van der Waals surface area contributed by atoms with E-state index in [4.69, 9.17) is 14.2 Å². The molecular weight excluding hydrogens is 440 g/mol. The van der Waals surface area contributed by atoms with Gasteiger partial charge in [0.25, 0.3) is 5.91 Å². The molecule has 9 heteroatoms. The molecule has 1 saturated heterocycles. The summed E-state index contributed by atoms with van der Waals surface area (Å²) in [5.74, 6) is -0.644. The number of nitrogens with zero attached hydrogens (tertiary/aromatic N) is 2. The fourth-order valence-electron chi connectivity index (χ4n) is 3.98. The summed E-state index contributed by atoms with van der Waals surface area (Å²) in [6.45, 7) is 1.36. The Kier molecular flexibility index (Phi) is 6.62. The van der Waals surface area contributed by atoms with E-state index in [1.807, 2.05) is 0 Å². The van der Waals surface area contributed by atoms with Gasteiger partial charge in [-0.15, -0.1) is 0 Å². The number of carboxylic acids is 1. The molecule has 3 aromatic rings. The highest BCUT2D eigenvalue weighted by molar-refractivity contribution is 6.18. The number of carbonyl (C=O) groups is 3. The molecule has 0 saturated carbocycles. The first-order valence-electron chi connectivity index (χ1n) is 10.8. The Hall–Kier alpha value is -4.14. The number of ketones is 1. The van der Waals surface area contributed by atoms with Gasteiger partial charge in [0.1, 0.15) is 11.4 Å². The van der Waals surface area contributed by atoms with Crippen LogP contribution < -0.4 is 14.2 Å². The monoisotopic (exact) mass is 464 g/mol. The quantitative estimate of drug-likeness (QED) is 0.506. The number of methoxy groups -OCH3 is 2. The number of carboxylic acid groups (broad SMARTS) is 1. The van der Waals surface area contributed by atoms with Gasteiger partial charge in [-0.1, -0.05) is 12.1 Å². The molecule has 0 atom stereocenters. The summed E-state index contributed by atoms with van der Waals surface area (Å²) >= 11 is 0. The van der Waals surface area contributed by atoms with Crippen molar-refractivity contribution in [1.82, 2.24) is 9.88 Å². The number of aromatic nitrogens is 1. The van der Waals surface area contributed by atoms with E-state index in [0.29, 0.717) is 28.0 Å². The summed E-state index contributed by atoms with van der Waals surface area (Å²) in [6.07, 6.45) is 3.14. The van der Waals surface area contributed by atoms with Crippen LogP contribution in [0.3, 0.4) is 0 Å². The van der Waals surface area contributed by atoms with E-state index < -0.39 is 11.8 Å². The molecular formula is C25H24N2O7. The molecule has 1 fully saturated rings. The molecule has 1 aliphatic heterocycles.